The lowest BCUT2D eigenvalue weighted by Gasteiger charge is -2.29. The highest BCUT2D eigenvalue weighted by Gasteiger charge is 2.35. The topological polar surface area (TPSA) is 53.5 Å². The van der Waals surface area contributed by atoms with E-state index >= 15 is 0 Å². The van der Waals surface area contributed by atoms with Crippen molar-refractivity contribution in [2.45, 2.75) is 32.1 Å². The third-order valence-electron chi connectivity index (χ3n) is 5.06. The highest BCUT2D eigenvalue weighted by atomic mass is 32.1. The minimum Gasteiger partial charge on any atom is -0.343 e. The van der Waals surface area contributed by atoms with Crippen LogP contribution in [-0.4, -0.2) is 53.3 Å². The van der Waals surface area contributed by atoms with Gasteiger partial charge in [-0.2, -0.15) is 0 Å². The predicted octanol–water partition coefficient (Wildman–Crippen LogP) is 3.45. The average Bonchev–Trinajstić information content (AvgIpc) is 3.30. The molecule has 1 aliphatic rings. The Morgan fingerprint density at radius 1 is 1.36 bits per heavy atom. The summed E-state index contributed by atoms with van der Waals surface area (Å²) in [7, 11) is 1.70. The number of rotatable bonds is 6. The molecule has 0 N–H and O–H groups in total. The third kappa shape index (κ3) is 4.06. The zero-order valence-corrected chi connectivity index (χ0v) is 17.0. The molecule has 0 atom stereocenters. The van der Waals surface area contributed by atoms with Gasteiger partial charge in [0.2, 0.25) is 11.8 Å². The van der Waals surface area contributed by atoms with E-state index in [1.807, 2.05) is 0 Å². The molecule has 0 saturated carbocycles. The Morgan fingerprint density at radius 3 is 2.79 bits per heavy atom. The number of amides is 2. The first-order valence-electron chi connectivity index (χ1n) is 9.15. The second kappa shape index (κ2) is 7.95. The summed E-state index contributed by atoms with van der Waals surface area (Å²) in [4.78, 5) is 32.5. The smallest absolute Gasteiger partial charge is 0.234 e. The van der Waals surface area contributed by atoms with Crippen molar-refractivity contribution in [1.82, 2.24) is 14.8 Å². The Hall–Kier alpha value is -2.35. The van der Waals surface area contributed by atoms with Gasteiger partial charge in [-0.25, -0.2) is 13.8 Å². The molecule has 28 heavy (non-hydrogen) atoms. The van der Waals surface area contributed by atoms with Crippen molar-refractivity contribution in [3.05, 3.63) is 40.9 Å². The van der Waals surface area contributed by atoms with Gasteiger partial charge in [0.15, 0.2) is 0 Å². The monoisotopic (exact) mass is 407 g/mol. The normalized spacial score (nSPS) is 14.6. The molecule has 0 radical (unpaired) electrons. The van der Waals surface area contributed by atoms with Crippen LogP contribution in [0.2, 0.25) is 0 Å². The first-order chi connectivity index (χ1) is 13.2. The van der Waals surface area contributed by atoms with Gasteiger partial charge in [-0.1, -0.05) is 0 Å². The number of hydrogen-bond acceptors (Lipinski definition) is 4. The molecule has 0 bridgehead atoms. The number of likely N-dealkylation sites (N-methyl/N-ethyl adjacent to an activating group) is 1. The summed E-state index contributed by atoms with van der Waals surface area (Å²) < 4.78 is 27.5. The van der Waals surface area contributed by atoms with Crippen molar-refractivity contribution < 1.29 is 18.4 Å². The summed E-state index contributed by atoms with van der Waals surface area (Å²) in [6, 6.07) is 3.22. The fraction of sp³-hybridized carbons (Fsp3) is 0.450. The number of halogens is 2. The fourth-order valence-electron chi connectivity index (χ4n) is 3.25. The van der Waals surface area contributed by atoms with Gasteiger partial charge < -0.3 is 9.80 Å². The average molecular weight is 407 g/mol. The van der Waals surface area contributed by atoms with Crippen molar-refractivity contribution in [2.75, 3.05) is 26.7 Å². The molecule has 1 fully saturated rings. The molecule has 5 nitrogen and oxygen atoms in total. The van der Waals surface area contributed by atoms with Crippen LogP contribution >= 0.6 is 11.3 Å². The van der Waals surface area contributed by atoms with Crippen molar-refractivity contribution in [3.8, 4) is 10.6 Å². The van der Waals surface area contributed by atoms with Gasteiger partial charge in [-0.05, 0) is 38.5 Å². The Labute approximate surface area is 167 Å². The van der Waals surface area contributed by atoms with E-state index in [-0.39, 0.29) is 17.4 Å². The van der Waals surface area contributed by atoms with Crippen LogP contribution in [0.1, 0.15) is 32.4 Å². The summed E-state index contributed by atoms with van der Waals surface area (Å²) in [6.07, 6.45) is 1.43. The molecule has 1 saturated heterocycles. The molecule has 150 valence electrons. The second-order valence-corrected chi connectivity index (χ2v) is 8.36. The number of likely N-dealkylation sites (tertiary alicyclic amines) is 1. The van der Waals surface area contributed by atoms with Gasteiger partial charge in [-0.3, -0.25) is 9.59 Å². The van der Waals surface area contributed by atoms with E-state index in [4.69, 9.17) is 0 Å². The van der Waals surface area contributed by atoms with E-state index in [2.05, 4.69) is 4.98 Å². The third-order valence-corrected chi connectivity index (χ3v) is 5.94. The zero-order chi connectivity index (χ0) is 20.5. The summed E-state index contributed by atoms with van der Waals surface area (Å²) in [5.74, 6) is -1.12. The predicted molar refractivity (Wildman–Crippen MR) is 104 cm³/mol. The summed E-state index contributed by atoms with van der Waals surface area (Å²) >= 11 is 1.17. The van der Waals surface area contributed by atoms with Crippen LogP contribution in [0.5, 0.6) is 0 Å². The van der Waals surface area contributed by atoms with E-state index in [1.165, 1.54) is 11.3 Å². The van der Waals surface area contributed by atoms with Crippen LogP contribution in [0.25, 0.3) is 10.6 Å². The van der Waals surface area contributed by atoms with Crippen LogP contribution in [0.3, 0.4) is 0 Å². The van der Waals surface area contributed by atoms with E-state index < -0.39 is 17.0 Å². The molecular weight excluding hydrogens is 384 g/mol. The number of carbonyl (C=O) groups excluding carboxylic acids is 2. The summed E-state index contributed by atoms with van der Waals surface area (Å²) in [5, 5.41) is 2.04. The van der Waals surface area contributed by atoms with Crippen LogP contribution in [0.15, 0.2) is 23.6 Å². The maximum atomic E-state index is 14.0. The molecular formula is C20H23F2N3O2S. The van der Waals surface area contributed by atoms with Crippen molar-refractivity contribution >= 4 is 23.2 Å². The second-order valence-electron chi connectivity index (χ2n) is 7.50. The number of benzene rings is 1. The maximum Gasteiger partial charge on any atom is 0.234 e. The molecule has 1 aromatic heterocycles. The van der Waals surface area contributed by atoms with Crippen molar-refractivity contribution in [1.29, 1.82) is 0 Å². The zero-order valence-electron chi connectivity index (χ0n) is 16.2. The number of hydrogen-bond donors (Lipinski definition) is 0. The number of carbonyl (C=O) groups is 2. The van der Waals surface area contributed by atoms with Crippen LogP contribution < -0.4 is 0 Å². The van der Waals surface area contributed by atoms with Crippen molar-refractivity contribution in [3.63, 3.8) is 0 Å². The molecule has 0 unspecified atom stereocenters. The molecule has 2 amide bonds. The minimum atomic E-state index is -0.928. The Balaban J connectivity index is 1.73. The SMILES string of the molecule is CN(CCN1CCCC1=O)C(=O)C(C)(C)c1csc(-c2cc(F)ccc2F)n1. The van der Waals surface area contributed by atoms with Crippen LogP contribution in [-0.2, 0) is 15.0 Å². The van der Waals surface area contributed by atoms with E-state index in [1.54, 1.807) is 36.1 Å². The van der Waals surface area contributed by atoms with Gasteiger partial charge in [0.25, 0.3) is 0 Å². The lowest BCUT2D eigenvalue weighted by molar-refractivity contribution is -0.136. The highest BCUT2D eigenvalue weighted by Crippen LogP contribution is 2.32. The Kier molecular flexibility index (Phi) is 5.79. The van der Waals surface area contributed by atoms with Crippen LogP contribution in [0, 0.1) is 11.6 Å². The van der Waals surface area contributed by atoms with Gasteiger partial charge in [0.1, 0.15) is 16.6 Å². The number of thiazole rings is 1. The highest BCUT2D eigenvalue weighted by molar-refractivity contribution is 7.13. The van der Waals surface area contributed by atoms with Gasteiger partial charge in [0, 0.05) is 44.0 Å². The van der Waals surface area contributed by atoms with E-state index in [9.17, 15) is 18.4 Å². The molecule has 0 spiro atoms. The first kappa shape index (κ1) is 20.4. The fourth-order valence-corrected chi connectivity index (χ4v) is 4.25. The Morgan fingerprint density at radius 2 is 2.11 bits per heavy atom. The standard InChI is InChI=1S/C20H23F2N3O2S/c1-20(2,19(27)24(3)9-10-25-8-4-5-17(25)26)16-12-28-18(23-16)14-11-13(21)6-7-15(14)22/h6-7,11-12H,4-5,8-10H2,1-3H3. The summed E-state index contributed by atoms with van der Waals surface area (Å²) in [6.45, 7) is 5.19. The molecule has 0 aliphatic carbocycles. The quantitative estimate of drug-likeness (QED) is 0.737. The van der Waals surface area contributed by atoms with Gasteiger partial charge in [0.05, 0.1) is 11.1 Å². The van der Waals surface area contributed by atoms with Gasteiger partial charge >= 0.3 is 0 Å². The van der Waals surface area contributed by atoms with Crippen LogP contribution in [0.4, 0.5) is 8.78 Å². The lowest BCUT2D eigenvalue weighted by Crippen LogP contribution is -2.44. The number of nitrogens with zero attached hydrogens (tertiary/aromatic N) is 3. The molecule has 3 rings (SSSR count). The maximum absolute atomic E-state index is 14.0. The van der Waals surface area contributed by atoms with E-state index in [0.29, 0.717) is 30.2 Å². The molecule has 2 heterocycles. The lowest BCUT2D eigenvalue weighted by atomic mass is 9.88. The van der Waals surface area contributed by atoms with Gasteiger partial charge in [-0.15, -0.1) is 11.3 Å². The van der Waals surface area contributed by atoms with Crippen molar-refractivity contribution in [2.24, 2.45) is 0 Å². The number of aromatic nitrogens is 1. The van der Waals surface area contributed by atoms with E-state index in [0.717, 1.165) is 31.2 Å². The molecule has 1 aromatic carbocycles. The molecule has 8 heteroatoms. The molecule has 1 aliphatic heterocycles. The Bertz CT molecular complexity index is 897. The molecule has 2 aromatic rings. The largest absolute Gasteiger partial charge is 0.343 e. The summed E-state index contributed by atoms with van der Waals surface area (Å²) in [5.41, 5.74) is -0.340. The minimum absolute atomic E-state index is 0.0837. The first-order valence-corrected chi connectivity index (χ1v) is 10.0.